The van der Waals surface area contributed by atoms with Crippen molar-refractivity contribution in [3.05, 3.63) is 84.1 Å². The zero-order valence-corrected chi connectivity index (χ0v) is 27.7. The molecule has 4 aromatic rings. The van der Waals surface area contributed by atoms with Crippen LogP contribution in [0.25, 0.3) is 16.5 Å². The highest BCUT2D eigenvalue weighted by molar-refractivity contribution is 7.92. The fraction of sp³-hybridized carbons (Fsp3) is 0.323. The van der Waals surface area contributed by atoms with Gasteiger partial charge in [0.1, 0.15) is 5.82 Å². The first-order chi connectivity index (χ1) is 21.6. The number of amides is 4. The lowest BCUT2D eigenvalue weighted by Gasteiger charge is -2.27. The average molecular weight is 668 g/mol. The molecule has 0 atom stereocenters. The van der Waals surface area contributed by atoms with Gasteiger partial charge >= 0.3 is 22.3 Å². The number of carbonyl (C=O) groups is 2. The second kappa shape index (κ2) is 12.7. The maximum Gasteiger partial charge on any atom is 0.332 e. The minimum Gasteiger partial charge on any atom is -0.323 e. The fourth-order valence-electron chi connectivity index (χ4n) is 4.96. The molecule has 1 aliphatic rings. The maximum absolute atomic E-state index is 13.2. The molecule has 244 valence electrons. The molecule has 13 nitrogen and oxygen atoms in total. The molecule has 1 fully saturated rings. The molecule has 0 bridgehead atoms. The number of aromatic nitrogens is 2. The minimum absolute atomic E-state index is 0.0568. The van der Waals surface area contributed by atoms with Crippen molar-refractivity contribution >= 4 is 54.4 Å². The van der Waals surface area contributed by atoms with E-state index in [0.29, 0.717) is 22.8 Å². The molecular formula is C31H37N7O6S2. The van der Waals surface area contributed by atoms with E-state index in [9.17, 15) is 26.4 Å². The Morgan fingerprint density at radius 3 is 2.33 bits per heavy atom. The van der Waals surface area contributed by atoms with Crippen LogP contribution in [0.2, 0.25) is 0 Å². The van der Waals surface area contributed by atoms with E-state index in [-0.39, 0.29) is 36.6 Å². The number of carbonyl (C=O) groups excluding carboxylic acids is 2. The number of rotatable bonds is 7. The summed E-state index contributed by atoms with van der Waals surface area (Å²) in [7, 11) is -6.06. The maximum atomic E-state index is 13.2. The first-order valence-electron chi connectivity index (χ1n) is 14.6. The number of urea groups is 2. The molecule has 15 heteroatoms. The van der Waals surface area contributed by atoms with Crippen molar-refractivity contribution in [1.82, 2.24) is 23.7 Å². The van der Waals surface area contributed by atoms with Gasteiger partial charge in [0.25, 0.3) is 0 Å². The Hall–Kier alpha value is -4.47. The average Bonchev–Trinajstić information content (AvgIpc) is 3.41. The molecule has 3 aromatic carbocycles. The Morgan fingerprint density at radius 2 is 1.61 bits per heavy atom. The van der Waals surface area contributed by atoms with Crippen LogP contribution >= 0.6 is 0 Å². The first-order valence-corrected chi connectivity index (χ1v) is 17.9. The van der Waals surface area contributed by atoms with E-state index in [0.717, 1.165) is 20.8 Å². The van der Waals surface area contributed by atoms with Gasteiger partial charge in [0.15, 0.2) is 9.84 Å². The van der Waals surface area contributed by atoms with Crippen LogP contribution in [0.1, 0.15) is 32.0 Å². The quantitative estimate of drug-likeness (QED) is 0.267. The molecule has 0 radical (unpaired) electrons. The second-order valence-electron chi connectivity index (χ2n) is 12.2. The first kappa shape index (κ1) is 32.9. The summed E-state index contributed by atoms with van der Waals surface area (Å²) in [5.74, 6) is -0.159. The standard InChI is InChI=1S/C31H37N7O6S2/c1-31(2,3)27-20-28(33-29(39)32-26-14-8-11-23-10-5-6-13-25(23)26)38(34-27)24-12-7-9-22(19-24)21-36(4)30(40)35-46(43,44)37-15-17-45(41,42)18-16-37/h5-14,19-20H,15-18,21H2,1-4H3,(H,35,40)(H2,32,33,39). The lowest BCUT2D eigenvalue weighted by molar-refractivity contribution is 0.212. The minimum atomic E-state index is -4.22. The Morgan fingerprint density at radius 1 is 0.935 bits per heavy atom. The van der Waals surface area contributed by atoms with Crippen LogP contribution < -0.4 is 15.4 Å². The van der Waals surface area contributed by atoms with E-state index in [1.807, 2.05) is 80.1 Å². The number of fused-ring (bicyclic) bond motifs is 1. The number of sulfone groups is 1. The summed E-state index contributed by atoms with van der Waals surface area (Å²) in [6, 6.07) is 21.1. The molecule has 5 rings (SSSR count). The van der Waals surface area contributed by atoms with Gasteiger partial charge in [-0.25, -0.2) is 27.4 Å². The summed E-state index contributed by atoms with van der Waals surface area (Å²) in [5, 5.41) is 12.5. The van der Waals surface area contributed by atoms with Crippen molar-refractivity contribution in [2.45, 2.75) is 32.7 Å². The fourth-order valence-corrected chi connectivity index (χ4v) is 7.56. The number of anilines is 2. The van der Waals surface area contributed by atoms with Crippen LogP contribution in [-0.2, 0) is 32.0 Å². The van der Waals surface area contributed by atoms with E-state index in [4.69, 9.17) is 5.10 Å². The van der Waals surface area contributed by atoms with E-state index < -0.39 is 32.1 Å². The molecule has 1 aliphatic heterocycles. The summed E-state index contributed by atoms with van der Waals surface area (Å²) in [4.78, 5) is 27.3. The Balaban J connectivity index is 1.32. The summed E-state index contributed by atoms with van der Waals surface area (Å²) in [5.41, 5.74) is 2.37. The van der Waals surface area contributed by atoms with Crippen LogP contribution in [0.5, 0.6) is 0 Å². The number of hydrogen-bond acceptors (Lipinski definition) is 7. The molecular weight excluding hydrogens is 631 g/mol. The van der Waals surface area contributed by atoms with Gasteiger partial charge in [0.05, 0.1) is 28.6 Å². The second-order valence-corrected chi connectivity index (χ2v) is 16.1. The predicted molar refractivity (Wildman–Crippen MR) is 178 cm³/mol. The molecule has 3 N–H and O–H groups in total. The third kappa shape index (κ3) is 7.66. The lowest BCUT2D eigenvalue weighted by atomic mass is 9.92. The summed E-state index contributed by atoms with van der Waals surface area (Å²) < 4.78 is 53.4. The van der Waals surface area contributed by atoms with Crippen molar-refractivity contribution in [3.63, 3.8) is 0 Å². The van der Waals surface area contributed by atoms with Crippen LogP contribution in [0.4, 0.5) is 21.1 Å². The zero-order valence-electron chi connectivity index (χ0n) is 26.0. The highest BCUT2D eigenvalue weighted by Crippen LogP contribution is 2.28. The molecule has 0 aliphatic carbocycles. The molecule has 0 unspecified atom stereocenters. The van der Waals surface area contributed by atoms with E-state index in [1.54, 1.807) is 22.9 Å². The smallest absolute Gasteiger partial charge is 0.323 e. The van der Waals surface area contributed by atoms with Crippen molar-refractivity contribution in [2.24, 2.45) is 0 Å². The van der Waals surface area contributed by atoms with Crippen molar-refractivity contribution in [1.29, 1.82) is 0 Å². The van der Waals surface area contributed by atoms with Gasteiger partial charge < -0.3 is 10.2 Å². The molecule has 4 amide bonds. The van der Waals surface area contributed by atoms with Gasteiger partial charge in [0, 0.05) is 43.5 Å². The Kier molecular flexibility index (Phi) is 9.11. The van der Waals surface area contributed by atoms with Crippen LogP contribution in [0.3, 0.4) is 0 Å². The largest absolute Gasteiger partial charge is 0.332 e. The molecule has 1 aromatic heterocycles. The third-order valence-corrected chi connectivity index (χ3v) is 10.6. The normalized spacial score (nSPS) is 15.3. The topological polar surface area (TPSA) is 163 Å². The van der Waals surface area contributed by atoms with E-state index in [2.05, 4.69) is 10.6 Å². The number of nitrogens with zero attached hydrogens (tertiary/aromatic N) is 4. The molecule has 2 heterocycles. The van der Waals surface area contributed by atoms with Crippen LogP contribution in [-0.4, -0.2) is 79.5 Å². The molecule has 1 saturated heterocycles. The highest BCUT2D eigenvalue weighted by atomic mass is 32.2. The molecule has 46 heavy (non-hydrogen) atoms. The van der Waals surface area contributed by atoms with Gasteiger partial charge in [-0.15, -0.1) is 0 Å². The number of nitrogens with one attached hydrogen (secondary N) is 3. The summed E-state index contributed by atoms with van der Waals surface area (Å²) in [6.07, 6.45) is 0. The van der Waals surface area contributed by atoms with Crippen molar-refractivity contribution < 1.29 is 26.4 Å². The Bertz CT molecular complexity index is 1980. The molecule has 0 saturated carbocycles. The zero-order chi connectivity index (χ0) is 33.3. The van der Waals surface area contributed by atoms with Crippen molar-refractivity contribution in [3.8, 4) is 5.69 Å². The van der Waals surface area contributed by atoms with Crippen LogP contribution in [0.15, 0.2) is 72.8 Å². The summed E-state index contributed by atoms with van der Waals surface area (Å²) >= 11 is 0. The van der Waals surface area contributed by atoms with Gasteiger partial charge in [-0.05, 0) is 29.1 Å². The number of benzene rings is 3. The van der Waals surface area contributed by atoms with Gasteiger partial charge in [0.2, 0.25) is 0 Å². The SMILES string of the molecule is CN(Cc1cccc(-n2nc(C(C)(C)C)cc2NC(=O)Nc2cccc3ccccc23)c1)C(=O)NS(=O)(=O)N1CCS(=O)(=O)CC1. The summed E-state index contributed by atoms with van der Waals surface area (Å²) in [6.45, 7) is 5.67. The third-order valence-electron chi connectivity index (χ3n) is 7.54. The van der Waals surface area contributed by atoms with Gasteiger partial charge in [-0.2, -0.15) is 17.8 Å². The van der Waals surface area contributed by atoms with E-state index in [1.165, 1.54) is 11.9 Å². The number of hydrogen-bond donors (Lipinski definition) is 3. The van der Waals surface area contributed by atoms with E-state index >= 15 is 0 Å². The van der Waals surface area contributed by atoms with Crippen molar-refractivity contribution in [2.75, 3.05) is 42.3 Å². The van der Waals surface area contributed by atoms with Crippen LogP contribution in [0, 0.1) is 0 Å². The predicted octanol–water partition coefficient (Wildman–Crippen LogP) is 4.08. The lowest BCUT2D eigenvalue weighted by Crippen LogP contribution is -2.52. The monoisotopic (exact) mass is 667 g/mol. The Labute approximate surface area is 268 Å². The highest BCUT2D eigenvalue weighted by Gasteiger charge is 2.32. The van der Waals surface area contributed by atoms with Gasteiger partial charge in [-0.1, -0.05) is 69.3 Å². The van der Waals surface area contributed by atoms with Gasteiger partial charge in [-0.3, -0.25) is 5.32 Å². The molecule has 0 spiro atoms.